The summed E-state index contributed by atoms with van der Waals surface area (Å²) in [6.45, 7) is 1.95. The van der Waals surface area contributed by atoms with Crippen LogP contribution in [0.3, 0.4) is 0 Å². The van der Waals surface area contributed by atoms with Crippen LogP contribution in [0.25, 0.3) is 0 Å². The summed E-state index contributed by atoms with van der Waals surface area (Å²) in [5.41, 5.74) is 0. The third kappa shape index (κ3) is 8.86. The van der Waals surface area contributed by atoms with E-state index in [4.69, 9.17) is 9.47 Å². The predicted molar refractivity (Wildman–Crippen MR) is 33.4 cm³/mol. The first-order chi connectivity index (χ1) is 4.41. The number of methoxy groups -OCH3 is 2. The summed E-state index contributed by atoms with van der Waals surface area (Å²) in [6.07, 6.45) is 0. The molecule has 0 aliphatic carbocycles. The second-order valence-corrected chi connectivity index (χ2v) is 10.3. The molecule has 0 aliphatic rings. The molecule has 0 amide bonds. The monoisotopic (exact) mass is 320 g/mol. The van der Waals surface area contributed by atoms with Crippen LogP contribution in [0.1, 0.15) is 0 Å². The molecule has 0 aromatic heterocycles. The van der Waals surface area contributed by atoms with Crippen molar-refractivity contribution in [2.24, 2.45) is 0 Å². The Morgan fingerprint density at radius 1 is 1.00 bits per heavy atom. The molecule has 52 valence electrons. The molecule has 3 heteroatoms. The first-order valence-corrected chi connectivity index (χ1v) is 11.2. The van der Waals surface area contributed by atoms with Gasteiger partial charge in [-0.2, -0.15) is 0 Å². The van der Waals surface area contributed by atoms with Crippen LogP contribution < -0.4 is 0 Å². The molecule has 9 heavy (non-hydrogen) atoms. The predicted octanol–water partition coefficient (Wildman–Crippen LogP) is 1.20. The van der Waals surface area contributed by atoms with Crippen molar-refractivity contribution in [3.63, 3.8) is 0 Å². The second-order valence-electron chi connectivity index (χ2n) is 2.05. The van der Waals surface area contributed by atoms with E-state index < -0.39 is 24.6 Å². The van der Waals surface area contributed by atoms with Gasteiger partial charge < -0.3 is 0 Å². The molecule has 0 spiro atoms. The molecule has 0 saturated carbocycles. The van der Waals surface area contributed by atoms with Crippen molar-refractivity contribution < 1.29 is 34.0 Å². The van der Waals surface area contributed by atoms with E-state index >= 15 is 0 Å². The minimum absolute atomic E-state index is 0.503. The summed E-state index contributed by atoms with van der Waals surface area (Å²) in [6, 6.07) is 0. The Hall–Kier alpha value is 0.855. The average Bonchev–Trinajstić information content (AvgIpc) is 1.89. The molecule has 0 aromatic rings. The molecule has 0 heterocycles. The van der Waals surface area contributed by atoms with E-state index in [-0.39, 0.29) is 0 Å². The van der Waals surface area contributed by atoms with Gasteiger partial charge in [0.05, 0.1) is 0 Å². The fourth-order valence-electron chi connectivity index (χ4n) is 0.670. The van der Waals surface area contributed by atoms with Gasteiger partial charge in [-0.1, -0.05) is 0 Å². The van der Waals surface area contributed by atoms with E-state index in [1.165, 1.54) is 7.86 Å². The molecule has 2 nitrogen and oxygen atoms in total. The molecule has 0 saturated heterocycles. The van der Waals surface area contributed by atoms with Gasteiger partial charge >= 0.3 is 69.3 Å². The molecule has 0 bridgehead atoms. The third-order valence-corrected chi connectivity index (χ3v) is 7.33. The summed E-state index contributed by atoms with van der Waals surface area (Å²) in [5.74, 6) is 0. The molecule has 0 fully saturated rings. The summed E-state index contributed by atoms with van der Waals surface area (Å²) in [7, 11) is 3.54. The van der Waals surface area contributed by atoms with Gasteiger partial charge in [-0.3, -0.25) is 0 Å². The van der Waals surface area contributed by atoms with Gasteiger partial charge in [0.15, 0.2) is 0 Å². The van der Waals surface area contributed by atoms with Crippen molar-refractivity contribution in [3.8, 4) is 0 Å². The number of hydrogen-bond acceptors (Lipinski definition) is 2. The van der Waals surface area contributed by atoms with Crippen molar-refractivity contribution in [3.05, 3.63) is 0 Å². The Balaban J connectivity index is 2.60. The molecule has 0 rings (SSSR count). The zero-order chi connectivity index (χ0) is 6.95. The topological polar surface area (TPSA) is 18.5 Å². The molecular weight excluding hydrogens is 305 g/mol. The van der Waals surface area contributed by atoms with Crippen LogP contribution >= 0.6 is 0 Å². The number of hydrogen-bond donors (Lipinski definition) is 0. The summed E-state index contributed by atoms with van der Waals surface area (Å²) in [5, 5.41) is 0. The van der Waals surface area contributed by atoms with Crippen LogP contribution in [0.5, 0.6) is 0 Å². The molecule has 0 atom stereocenters. The van der Waals surface area contributed by atoms with E-state index in [0.717, 1.165) is 13.2 Å². The van der Waals surface area contributed by atoms with Crippen LogP contribution in [-0.4, -0.2) is 27.4 Å². The van der Waals surface area contributed by atoms with Gasteiger partial charge in [0.2, 0.25) is 0 Å². The van der Waals surface area contributed by atoms with E-state index in [1.807, 2.05) is 0 Å². The Morgan fingerprint density at radius 3 is 1.78 bits per heavy atom. The Bertz CT molecular complexity index is 44.3. The van der Waals surface area contributed by atoms with E-state index in [2.05, 4.69) is 0 Å². The molecular formula is C6H14HgO2. The normalized spacial score (nSPS) is 9.11. The zero-order valence-electron chi connectivity index (χ0n) is 6.35. The quantitative estimate of drug-likeness (QED) is 0.541. The van der Waals surface area contributed by atoms with Crippen LogP contribution in [0.2, 0.25) is 7.86 Å². The summed E-state index contributed by atoms with van der Waals surface area (Å²) < 4.78 is 12.6. The van der Waals surface area contributed by atoms with Crippen LogP contribution in [0.4, 0.5) is 0 Å². The number of ether oxygens (including phenoxy) is 2. The Kier molecular flexibility index (Phi) is 9.70. The Labute approximate surface area is 69.3 Å². The van der Waals surface area contributed by atoms with Gasteiger partial charge in [-0.15, -0.1) is 0 Å². The average molecular weight is 319 g/mol. The molecule has 0 N–H and O–H groups in total. The fourth-order valence-corrected chi connectivity index (χ4v) is 5.88. The van der Waals surface area contributed by atoms with Gasteiger partial charge in [0.25, 0.3) is 0 Å². The molecule has 0 unspecified atom stereocenters. The van der Waals surface area contributed by atoms with Crippen molar-refractivity contribution in [1.29, 1.82) is 0 Å². The van der Waals surface area contributed by atoms with Gasteiger partial charge in [-0.25, -0.2) is 0 Å². The van der Waals surface area contributed by atoms with Crippen molar-refractivity contribution >= 4 is 0 Å². The zero-order valence-corrected chi connectivity index (χ0v) is 11.8. The SMILES string of the molecule is COC[CH2][Hg][CH2]COC. The first-order valence-electron chi connectivity index (χ1n) is 3.39. The molecule has 0 aromatic carbocycles. The first kappa shape index (κ1) is 9.86. The van der Waals surface area contributed by atoms with Crippen LogP contribution in [0, 0.1) is 0 Å². The minimum atomic E-state index is -0.503. The standard InChI is InChI=1S/2C3H7O.Hg/c2*1-3-4-2;/h2*1,3H2,2H3;. The van der Waals surface area contributed by atoms with Crippen molar-refractivity contribution in [2.75, 3.05) is 27.4 Å². The summed E-state index contributed by atoms with van der Waals surface area (Å²) >= 11 is -0.503. The van der Waals surface area contributed by atoms with E-state index in [9.17, 15) is 0 Å². The molecule has 0 radical (unpaired) electrons. The van der Waals surface area contributed by atoms with Gasteiger partial charge in [0, 0.05) is 0 Å². The third-order valence-electron chi connectivity index (χ3n) is 1.20. The van der Waals surface area contributed by atoms with Crippen molar-refractivity contribution in [1.82, 2.24) is 0 Å². The van der Waals surface area contributed by atoms with E-state index in [0.29, 0.717) is 0 Å². The molecule has 0 aliphatic heterocycles. The fraction of sp³-hybridized carbons (Fsp3) is 1.00. The van der Waals surface area contributed by atoms with Crippen LogP contribution in [0.15, 0.2) is 0 Å². The Morgan fingerprint density at radius 2 is 1.44 bits per heavy atom. The van der Waals surface area contributed by atoms with Crippen LogP contribution in [-0.2, 0) is 34.0 Å². The maximum absolute atomic E-state index is 4.94. The van der Waals surface area contributed by atoms with E-state index in [1.54, 1.807) is 14.2 Å². The number of rotatable bonds is 6. The van der Waals surface area contributed by atoms with Crippen molar-refractivity contribution in [2.45, 2.75) is 7.86 Å². The maximum atomic E-state index is 4.94. The van der Waals surface area contributed by atoms with Gasteiger partial charge in [0.1, 0.15) is 0 Å². The second kappa shape index (κ2) is 8.86. The summed E-state index contributed by atoms with van der Waals surface area (Å²) in [4.78, 5) is 0. The van der Waals surface area contributed by atoms with Gasteiger partial charge in [-0.05, 0) is 0 Å².